The molecule has 0 aromatic heterocycles. The fourth-order valence-electron chi connectivity index (χ4n) is 4.11. The lowest BCUT2D eigenvalue weighted by Crippen LogP contribution is -2.29. The Hall–Kier alpha value is -3.57. The van der Waals surface area contributed by atoms with Crippen molar-refractivity contribution >= 4 is 34.7 Å². The molecule has 1 fully saturated rings. The Labute approximate surface area is 204 Å². The van der Waals surface area contributed by atoms with Crippen LogP contribution >= 0.6 is 11.6 Å². The van der Waals surface area contributed by atoms with Crippen molar-refractivity contribution in [1.82, 2.24) is 0 Å². The Balaban J connectivity index is 1.87. The van der Waals surface area contributed by atoms with Crippen LogP contribution in [-0.4, -0.2) is 23.4 Å². The molecule has 3 aromatic carbocycles. The second-order valence-electron chi connectivity index (χ2n) is 8.42. The van der Waals surface area contributed by atoms with Crippen LogP contribution in [0.4, 0.5) is 5.69 Å². The summed E-state index contributed by atoms with van der Waals surface area (Å²) in [7, 11) is 0. The molecular formula is C28H26ClNO4. The Morgan fingerprint density at radius 1 is 0.971 bits per heavy atom. The standard InChI is InChI=1S/C28H26ClNO4/c1-4-34-23-15-9-19(10-16-23)25-24(26(31)20-5-11-21(29)12-6-20)27(32)28(33)30(25)22-13-7-18(8-14-22)17(2)3/h5-17,25,31H,4H2,1-3H3/b26-24+. The number of Topliss-reactive ketones (excluding diaryl/α,β-unsaturated/α-hetero) is 1. The lowest BCUT2D eigenvalue weighted by molar-refractivity contribution is -0.132. The van der Waals surface area contributed by atoms with Crippen LogP contribution in [0.5, 0.6) is 5.75 Å². The number of ether oxygens (including phenoxy) is 1. The number of amides is 1. The summed E-state index contributed by atoms with van der Waals surface area (Å²) < 4.78 is 5.55. The van der Waals surface area contributed by atoms with E-state index in [1.54, 1.807) is 36.4 Å². The number of nitrogens with zero attached hydrogens (tertiary/aromatic N) is 1. The number of hydrogen-bond donors (Lipinski definition) is 1. The third-order valence-corrected chi connectivity index (χ3v) is 6.16. The zero-order valence-electron chi connectivity index (χ0n) is 19.3. The van der Waals surface area contributed by atoms with Gasteiger partial charge in [0.1, 0.15) is 11.5 Å². The maximum absolute atomic E-state index is 13.3. The van der Waals surface area contributed by atoms with E-state index in [1.165, 1.54) is 4.90 Å². The third-order valence-electron chi connectivity index (χ3n) is 5.91. The fraction of sp³-hybridized carbons (Fsp3) is 0.214. The minimum atomic E-state index is -0.795. The van der Waals surface area contributed by atoms with E-state index in [9.17, 15) is 14.7 Å². The number of halogens is 1. The summed E-state index contributed by atoms with van der Waals surface area (Å²) in [6.07, 6.45) is 0. The molecule has 1 N–H and O–H groups in total. The molecule has 1 aliphatic rings. The summed E-state index contributed by atoms with van der Waals surface area (Å²) in [6, 6.07) is 20.5. The van der Waals surface area contributed by atoms with Gasteiger partial charge in [-0.1, -0.05) is 49.7 Å². The van der Waals surface area contributed by atoms with Crippen molar-refractivity contribution < 1.29 is 19.4 Å². The number of ketones is 1. The number of aliphatic hydroxyl groups excluding tert-OH is 1. The van der Waals surface area contributed by atoms with Gasteiger partial charge in [0.05, 0.1) is 18.2 Å². The van der Waals surface area contributed by atoms with E-state index in [-0.39, 0.29) is 11.3 Å². The zero-order chi connectivity index (χ0) is 24.4. The van der Waals surface area contributed by atoms with Crippen molar-refractivity contribution in [3.05, 3.63) is 100 Å². The molecule has 5 nitrogen and oxygen atoms in total. The maximum Gasteiger partial charge on any atom is 0.300 e. The molecule has 1 unspecified atom stereocenters. The first-order valence-corrected chi connectivity index (χ1v) is 11.6. The predicted octanol–water partition coefficient (Wildman–Crippen LogP) is 6.49. The number of hydrogen-bond acceptors (Lipinski definition) is 4. The predicted molar refractivity (Wildman–Crippen MR) is 134 cm³/mol. The molecule has 4 rings (SSSR count). The van der Waals surface area contributed by atoms with Crippen LogP contribution in [0, 0.1) is 0 Å². The van der Waals surface area contributed by atoms with Crippen LogP contribution in [0.3, 0.4) is 0 Å². The maximum atomic E-state index is 13.3. The summed E-state index contributed by atoms with van der Waals surface area (Å²) in [5.41, 5.74) is 2.84. The molecule has 1 amide bonds. The van der Waals surface area contributed by atoms with E-state index in [1.807, 2.05) is 43.3 Å². The highest BCUT2D eigenvalue weighted by molar-refractivity contribution is 6.51. The van der Waals surface area contributed by atoms with Gasteiger partial charge in [0.15, 0.2) is 0 Å². The highest BCUT2D eigenvalue weighted by Crippen LogP contribution is 2.42. The topological polar surface area (TPSA) is 66.8 Å². The van der Waals surface area contributed by atoms with E-state index in [4.69, 9.17) is 16.3 Å². The first-order valence-electron chi connectivity index (χ1n) is 11.2. The highest BCUT2D eigenvalue weighted by atomic mass is 35.5. The first kappa shape index (κ1) is 23.6. The van der Waals surface area contributed by atoms with Crippen molar-refractivity contribution in [3.8, 4) is 5.75 Å². The average molecular weight is 476 g/mol. The number of carbonyl (C=O) groups excluding carboxylic acids is 2. The third kappa shape index (κ3) is 4.44. The Bertz CT molecular complexity index is 1230. The van der Waals surface area contributed by atoms with E-state index < -0.39 is 17.7 Å². The van der Waals surface area contributed by atoms with Gasteiger partial charge in [-0.2, -0.15) is 0 Å². The summed E-state index contributed by atoms with van der Waals surface area (Å²) in [5, 5.41) is 11.7. The SMILES string of the molecule is CCOc1ccc(C2/C(=C(\O)c3ccc(Cl)cc3)C(=O)C(=O)N2c2ccc(C(C)C)cc2)cc1. The minimum absolute atomic E-state index is 0.0319. The summed E-state index contributed by atoms with van der Waals surface area (Å²) >= 11 is 5.99. The molecule has 174 valence electrons. The largest absolute Gasteiger partial charge is 0.507 e. The van der Waals surface area contributed by atoms with Gasteiger partial charge in [-0.25, -0.2) is 0 Å². The van der Waals surface area contributed by atoms with Crippen molar-refractivity contribution in [2.45, 2.75) is 32.7 Å². The molecule has 3 aromatic rings. The van der Waals surface area contributed by atoms with Crippen molar-refractivity contribution in [2.24, 2.45) is 0 Å². The van der Waals surface area contributed by atoms with Gasteiger partial charge in [0, 0.05) is 16.3 Å². The van der Waals surface area contributed by atoms with Crippen LogP contribution in [-0.2, 0) is 9.59 Å². The van der Waals surface area contributed by atoms with E-state index >= 15 is 0 Å². The van der Waals surface area contributed by atoms with Crippen molar-refractivity contribution in [3.63, 3.8) is 0 Å². The number of aliphatic hydroxyl groups is 1. The molecule has 6 heteroatoms. The van der Waals surface area contributed by atoms with E-state index in [2.05, 4.69) is 13.8 Å². The quantitative estimate of drug-likeness (QED) is 0.251. The van der Waals surface area contributed by atoms with Crippen LogP contribution < -0.4 is 9.64 Å². The fourth-order valence-corrected chi connectivity index (χ4v) is 4.24. The van der Waals surface area contributed by atoms with Crippen LogP contribution in [0.15, 0.2) is 78.4 Å². The molecule has 1 aliphatic heterocycles. The molecule has 1 atom stereocenters. The van der Waals surface area contributed by atoms with E-state index in [0.717, 1.165) is 5.56 Å². The molecular weight excluding hydrogens is 450 g/mol. The second-order valence-corrected chi connectivity index (χ2v) is 8.86. The Morgan fingerprint density at radius 2 is 1.59 bits per heavy atom. The van der Waals surface area contributed by atoms with Crippen LogP contribution in [0.2, 0.25) is 5.02 Å². The normalized spacial score (nSPS) is 17.4. The van der Waals surface area contributed by atoms with Gasteiger partial charge in [0.2, 0.25) is 0 Å². The van der Waals surface area contributed by atoms with Crippen LogP contribution in [0.1, 0.15) is 49.4 Å². The number of anilines is 1. The molecule has 34 heavy (non-hydrogen) atoms. The van der Waals surface area contributed by atoms with Crippen molar-refractivity contribution in [2.75, 3.05) is 11.5 Å². The van der Waals surface area contributed by atoms with Gasteiger partial charge in [-0.3, -0.25) is 14.5 Å². The monoisotopic (exact) mass is 475 g/mol. The highest BCUT2D eigenvalue weighted by Gasteiger charge is 2.47. The molecule has 0 radical (unpaired) electrons. The van der Waals surface area contributed by atoms with Gasteiger partial charge in [0.25, 0.3) is 11.7 Å². The summed E-state index contributed by atoms with van der Waals surface area (Å²) in [5.74, 6) is -0.653. The van der Waals surface area contributed by atoms with Crippen LogP contribution in [0.25, 0.3) is 5.76 Å². The smallest absolute Gasteiger partial charge is 0.300 e. The lowest BCUT2D eigenvalue weighted by atomic mass is 9.95. The van der Waals surface area contributed by atoms with Gasteiger partial charge in [-0.15, -0.1) is 0 Å². The molecule has 1 saturated heterocycles. The lowest BCUT2D eigenvalue weighted by Gasteiger charge is -2.26. The average Bonchev–Trinajstić information content (AvgIpc) is 3.10. The molecule has 1 heterocycles. The minimum Gasteiger partial charge on any atom is -0.507 e. The molecule has 0 aliphatic carbocycles. The Kier molecular flexibility index (Phi) is 6.75. The van der Waals surface area contributed by atoms with E-state index in [0.29, 0.717) is 40.1 Å². The Morgan fingerprint density at radius 3 is 2.15 bits per heavy atom. The number of carbonyl (C=O) groups is 2. The van der Waals surface area contributed by atoms with Gasteiger partial charge in [-0.05, 0) is 72.5 Å². The van der Waals surface area contributed by atoms with Gasteiger partial charge < -0.3 is 9.84 Å². The number of rotatable bonds is 6. The first-order chi connectivity index (χ1) is 16.3. The molecule has 0 bridgehead atoms. The summed E-state index contributed by atoms with van der Waals surface area (Å²) in [6.45, 7) is 6.60. The van der Waals surface area contributed by atoms with Crippen molar-refractivity contribution in [1.29, 1.82) is 0 Å². The number of benzene rings is 3. The summed E-state index contributed by atoms with van der Waals surface area (Å²) in [4.78, 5) is 28.0. The molecule has 0 spiro atoms. The molecule has 0 saturated carbocycles. The second kappa shape index (κ2) is 9.74. The van der Waals surface area contributed by atoms with Gasteiger partial charge >= 0.3 is 0 Å². The zero-order valence-corrected chi connectivity index (χ0v) is 20.0.